The maximum Gasteiger partial charge on any atom is 0.137 e. The molecule has 4 heteroatoms. The third kappa shape index (κ3) is 2.86. The smallest absolute Gasteiger partial charge is 0.137 e. The Morgan fingerprint density at radius 3 is 2.70 bits per heavy atom. The van der Waals surface area contributed by atoms with Crippen molar-refractivity contribution in [1.82, 2.24) is 5.32 Å². The Kier molecular flexibility index (Phi) is 4.03. The van der Waals surface area contributed by atoms with Gasteiger partial charge < -0.3 is 5.32 Å². The molecule has 0 spiro atoms. The van der Waals surface area contributed by atoms with E-state index in [1.165, 1.54) is 18.2 Å². The van der Waals surface area contributed by atoms with Gasteiger partial charge >= 0.3 is 0 Å². The molecule has 0 amide bonds. The number of halogens is 2. The molecule has 1 N–H and O–H groups in total. The van der Waals surface area contributed by atoms with Gasteiger partial charge in [0.15, 0.2) is 0 Å². The summed E-state index contributed by atoms with van der Waals surface area (Å²) in [6.07, 6.45) is 0.975. The molecule has 0 aliphatic carbocycles. The zero-order valence-electron chi connectivity index (χ0n) is 10.9. The minimum atomic E-state index is -0.227. The van der Waals surface area contributed by atoms with Crippen LogP contribution in [0.3, 0.4) is 0 Å². The first kappa shape index (κ1) is 13.6. The lowest BCUT2D eigenvalue weighted by molar-refractivity contribution is 0.496. The van der Waals surface area contributed by atoms with Gasteiger partial charge in [0.05, 0.1) is 0 Å². The van der Waals surface area contributed by atoms with Crippen LogP contribution in [0.25, 0.3) is 0 Å². The van der Waals surface area contributed by atoms with E-state index in [9.17, 15) is 8.78 Å². The average molecular weight is 291 g/mol. The van der Waals surface area contributed by atoms with Crippen molar-refractivity contribution in [1.29, 1.82) is 0 Å². The molecule has 1 aliphatic heterocycles. The highest BCUT2D eigenvalue weighted by atomic mass is 32.2. The SMILES string of the molecule is Fc1ccc(CNC2CCSc3c(F)cccc32)cc1. The Hall–Kier alpha value is -1.39. The number of benzene rings is 2. The second-order valence-electron chi connectivity index (χ2n) is 4.86. The van der Waals surface area contributed by atoms with Crippen molar-refractivity contribution in [3.8, 4) is 0 Å². The summed E-state index contributed by atoms with van der Waals surface area (Å²) in [5, 5.41) is 3.44. The molecule has 0 saturated carbocycles. The predicted molar refractivity (Wildman–Crippen MR) is 77.7 cm³/mol. The van der Waals surface area contributed by atoms with Crippen molar-refractivity contribution in [3.63, 3.8) is 0 Å². The summed E-state index contributed by atoms with van der Waals surface area (Å²) in [7, 11) is 0. The molecule has 2 aromatic rings. The fraction of sp³-hybridized carbons (Fsp3) is 0.250. The highest BCUT2D eigenvalue weighted by Gasteiger charge is 2.22. The monoisotopic (exact) mass is 291 g/mol. The molecule has 104 valence electrons. The van der Waals surface area contributed by atoms with Crippen LogP contribution in [0.1, 0.15) is 23.6 Å². The first-order valence-electron chi connectivity index (χ1n) is 6.63. The maximum atomic E-state index is 13.8. The summed E-state index contributed by atoms with van der Waals surface area (Å²) < 4.78 is 26.6. The van der Waals surface area contributed by atoms with E-state index < -0.39 is 0 Å². The van der Waals surface area contributed by atoms with E-state index in [0.717, 1.165) is 28.2 Å². The molecule has 3 rings (SSSR count). The molecule has 0 fully saturated rings. The molecular weight excluding hydrogens is 276 g/mol. The van der Waals surface area contributed by atoms with Crippen LogP contribution in [0.5, 0.6) is 0 Å². The molecule has 1 unspecified atom stereocenters. The molecule has 0 aromatic heterocycles. The maximum absolute atomic E-state index is 13.8. The fourth-order valence-corrected chi connectivity index (χ4v) is 3.58. The Morgan fingerprint density at radius 1 is 1.10 bits per heavy atom. The lowest BCUT2D eigenvalue weighted by atomic mass is 10.0. The van der Waals surface area contributed by atoms with Gasteiger partial charge in [0.2, 0.25) is 0 Å². The van der Waals surface area contributed by atoms with E-state index >= 15 is 0 Å². The standard InChI is InChI=1S/C16H15F2NS/c17-12-6-4-11(5-7-12)10-19-15-8-9-20-16-13(15)2-1-3-14(16)18/h1-7,15,19H,8-10H2. The molecule has 1 heterocycles. The molecule has 20 heavy (non-hydrogen) atoms. The van der Waals surface area contributed by atoms with Crippen LogP contribution in [0.15, 0.2) is 47.4 Å². The summed E-state index contributed by atoms with van der Waals surface area (Å²) in [6.45, 7) is 0.658. The van der Waals surface area contributed by atoms with Crippen LogP contribution in [0.2, 0.25) is 0 Å². The summed E-state index contributed by atoms with van der Waals surface area (Å²) in [6, 6.07) is 11.9. The minimum Gasteiger partial charge on any atom is -0.306 e. The van der Waals surface area contributed by atoms with Gasteiger partial charge in [0.1, 0.15) is 11.6 Å². The van der Waals surface area contributed by atoms with Crippen LogP contribution in [0, 0.1) is 11.6 Å². The molecule has 1 nitrogen and oxygen atoms in total. The van der Waals surface area contributed by atoms with E-state index in [0.29, 0.717) is 6.54 Å². The van der Waals surface area contributed by atoms with E-state index in [2.05, 4.69) is 5.32 Å². The van der Waals surface area contributed by atoms with Crippen LogP contribution < -0.4 is 5.32 Å². The zero-order valence-corrected chi connectivity index (χ0v) is 11.7. The van der Waals surface area contributed by atoms with Gasteiger partial charge in [0.25, 0.3) is 0 Å². The van der Waals surface area contributed by atoms with Gasteiger partial charge in [-0.3, -0.25) is 0 Å². The number of hydrogen-bond donors (Lipinski definition) is 1. The van der Waals surface area contributed by atoms with Crippen LogP contribution in [0.4, 0.5) is 8.78 Å². The minimum absolute atomic E-state index is 0.138. The first-order valence-corrected chi connectivity index (χ1v) is 7.61. The summed E-state index contributed by atoms with van der Waals surface area (Å²) in [5.74, 6) is 0.547. The second kappa shape index (κ2) is 5.94. The van der Waals surface area contributed by atoms with Crippen molar-refractivity contribution in [2.75, 3.05) is 5.75 Å². The van der Waals surface area contributed by atoms with Crippen molar-refractivity contribution < 1.29 is 8.78 Å². The van der Waals surface area contributed by atoms with Gasteiger partial charge in [-0.1, -0.05) is 24.3 Å². The Labute approximate surface area is 121 Å². The quantitative estimate of drug-likeness (QED) is 0.905. The zero-order chi connectivity index (χ0) is 13.9. The van der Waals surface area contributed by atoms with Crippen molar-refractivity contribution in [3.05, 3.63) is 65.2 Å². The summed E-state index contributed by atoms with van der Waals surface area (Å²) >= 11 is 1.58. The fourth-order valence-electron chi connectivity index (χ4n) is 2.44. The summed E-state index contributed by atoms with van der Waals surface area (Å²) in [4.78, 5) is 0.760. The Bertz CT molecular complexity index is 598. The Morgan fingerprint density at radius 2 is 1.90 bits per heavy atom. The first-order chi connectivity index (χ1) is 9.74. The molecular formula is C16H15F2NS. The highest BCUT2D eigenvalue weighted by molar-refractivity contribution is 7.99. The average Bonchev–Trinajstić information content (AvgIpc) is 2.47. The third-order valence-corrected chi connectivity index (χ3v) is 4.65. The van der Waals surface area contributed by atoms with Crippen LogP contribution >= 0.6 is 11.8 Å². The van der Waals surface area contributed by atoms with E-state index in [1.54, 1.807) is 30.0 Å². The van der Waals surface area contributed by atoms with Gasteiger partial charge in [-0.25, -0.2) is 8.78 Å². The number of thioether (sulfide) groups is 1. The molecule has 0 saturated heterocycles. The van der Waals surface area contributed by atoms with Gasteiger partial charge in [-0.05, 0) is 41.5 Å². The third-order valence-electron chi connectivity index (χ3n) is 3.49. The number of rotatable bonds is 3. The lowest BCUT2D eigenvalue weighted by Gasteiger charge is -2.26. The van der Waals surface area contributed by atoms with Crippen molar-refractivity contribution in [2.45, 2.75) is 23.9 Å². The van der Waals surface area contributed by atoms with E-state index in [1.807, 2.05) is 6.07 Å². The molecule has 2 aromatic carbocycles. The van der Waals surface area contributed by atoms with Crippen LogP contribution in [-0.4, -0.2) is 5.75 Å². The second-order valence-corrected chi connectivity index (χ2v) is 5.96. The van der Waals surface area contributed by atoms with Gasteiger partial charge in [0, 0.05) is 17.5 Å². The molecule has 0 bridgehead atoms. The molecule has 1 aliphatic rings. The molecule has 0 radical (unpaired) electrons. The number of nitrogens with one attached hydrogen (secondary N) is 1. The molecule has 1 atom stereocenters. The number of hydrogen-bond acceptors (Lipinski definition) is 2. The van der Waals surface area contributed by atoms with Gasteiger partial charge in [-0.2, -0.15) is 0 Å². The van der Waals surface area contributed by atoms with E-state index in [-0.39, 0.29) is 17.7 Å². The predicted octanol–water partition coefficient (Wildman–Crippen LogP) is 4.29. The van der Waals surface area contributed by atoms with Crippen molar-refractivity contribution >= 4 is 11.8 Å². The Balaban J connectivity index is 1.73. The summed E-state index contributed by atoms with van der Waals surface area (Å²) in [5.41, 5.74) is 2.06. The van der Waals surface area contributed by atoms with E-state index in [4.69, 9.17) is 0 Å². The van der Waals surface area contributed by atoms with Crippen LogP contribution in [-0.2, 0) is 6.54 Å². The highest BCUT2D eigenvalue weighted by Crippen LogP contribution is 2.37. The van der Waals surface area contributed by atoms with Crippen molar-refractivity contribution in [2.24, 2.45) is 0 Å². The largest absolute Gasteiger partial charge is 0.306 e. The van der Waals surface area contributed by atoms with Gasteiger partial charge in [-0.15, -0.1) is 11.8 Å². The number of fused-ring (bicyclic) bond motifs is 1. The topological polar surface area (TPSA) is 12.0 Å². The normalized spacial score (nSPS) is 17.8. The lowest BCUT2D eigenvalue weighted by Crippen LogP contribution is -2.24.